The van der Waals surface area contributed by atoms with Crippen molar-refractivity contribution in [1.29, 1.82) is 0 Å². The second-order valence-electron chi connectivity index (χ2n) is 7.51. The van der Waals surface area contributed by atoms with Gasteiger partial charge in [0.05, 0.1) is 18.0 Å². The van der Waals surface area contributed by atoms with Crippen LogP contribution >= 0.6 is 11.6 Å². The third-order valence-corrected chi connectivity index (χ3v) is 4.94. The van der Waals surface area contributed by atoms with E-state index in [-0.39, 0.29) is 29.1 Å². The van der Waals surface area contributed by atoms with Crippen molar-refractivity contribution in [3.63, 3.8) is 0 Å². The zero-order valence-corrected chi connectivity index (χ0v) is 18.4. The zero-order chi connectivity index (χ0) is 22.0. The average molecular weight is 432 g/mol. The van der Waals surface area contributed by atoms with Gasteiger partial charge in [-0.15, -0.1) is 0 Å². The molecule has 9 heteroatoms. The van der Waals surface area contributed by atoms with Crippen molar-refractivity contribution in [2.24, 2.45) is 7.05 Å². The minimum Gasteiger partial charge on any atom is -0.474 e. The van der Waals surface area contributed by atoms with E-state index >= 15 is 0 Å². The number of rotatable bonds is 7. The molecule has 3 aromatic rings. The minimum absolute atomic E-state index is 0.147. The van der Waals surface area contributed by atoms with Crippen LogP contribution in [0.2, 0.25) is 5.02 Å². The van der Waals surface area contributed by atoms with Crippen LogP contribution in [-0.4, -0.2) is 31.0 Å². The molecule has 0 aliphatic carbocycles. The molecule has 1 unspecified atom stereocenters. The Balaban J connectivity index is 1.94. The standard InChI is InChI=1S/C21H26ClN5O3/c1-11(2)30-21-18(22)15(7-17(26-21)14-8-24-27(5)10-14)19(28)23-9-16-12(3)6-13(4)25-20(16)29/h6-8,10-11,19,23,28H,9H2,1-5H3,(H,25,29). The van der Waals surface area contributed by atoms with Crippen LogP contribution in [0.25, 0.3) is 11.3 Å². The van der Waals surface area contributed by atoms with Gasteiger partial charge >= 0.3 is 0 Å². The lowest BCUT2D eigenvalue weighted by atomic mass is 10.1. The Bertz CT molecular complexity index is 1110. The maximum atomic E-state index is 12.3. The number of aliphatic hydroxyl groups is 1. The molecule has 3 heterocycles. The van der Waals surface area contributed by atoms with Crippen LogP contribution in [0.5, 0.6) is 5.88 Å². The maximum Gasteiger partial charge on any atom is 0.252 e. The first-order chi connectivity index (χ1) is 14.2. The van der Waals surface area contributed by atoms with E-state index in [1.165, 1.54) is 0 Å². The summed E-state index contributed by atoms with van der Waals surface area (Å²) in [7, 11) is 1.81. The van der Waals surface area contributed by atoms with E-state index in [4.69, 9.17) is 16.3 Å². The highest BCUT2D eigenvalue weighted by molar-refractivity contribution is 6.32. The molecule has 0 saturated heterocycles. The highest BCUT2D eigenvalue weighted by atomic mass is 35.5. The molecular formula is C21H26ClN5O3. The quantitative estimate of drug-likeness (QED) is 0.496. The van der Waals surface area contributed by atoms with Crippen LogP contribution in [-0.2, 0) is 13.6 Å². The van der Waals surface area contributed by atoms with Gasteiger partial charge in [-0.1, -0.05) is 11.6 Å². The largest absolute Gasteiger partial charge is 0.474 e. The van der Waals surface area contributed by atoms with E-state index < -0.39 is 6.23 Å². The lowest BCUT2D eigenvalue weighted by Crippen LogP contribution is -2.26. The van der Waals surface area contributed by atoms with Crippen molar-refractivity contribution in [2.75, 3.05) is 0 Å². The number of pyridine rings is 2. The summed E-state index contributed by atoms with van der Waals surface area (Å²) in [6.07, 6.45) is 2.21. The average Bonchev–Trinajstić information content (AvgIpc) is 3.08. The van der Waals surface area contributed by atoms with E-state index in [0.717, 1.165) is 16.8 Å². The molecule has 1 atom stereocenters. The number of aromatic nitrogens is 4. The molecule has 3 rings (SSSR count). The Hall–Kier alpha value is -2.68. The summed E-state index contributed by atoms with van der Waals surface area (Å²) in [6, 6.07) is 3.58. The van der Waals surface area contributed by atoms with Crippen molar-refractivity contribution in [3.05, 3.63) is 62.3 Å². The molecule has 0 spiro atoms. The summed E-state index contributed by atoms with van der Waals surface area (Å²) in [4.78, 5) is 19.5. The van der Waals surface area contributed by atoms with Gasteiger partial charge in [-0.3, -0.25) is 14.8 Å². The fourth-order valence-electron chi connectivity index (χ4n) is 3.14. The minimum atomic E-state index is -1.13. The predicted molar refractivity (Wildman–Crippen MR) is 116 cm³/mol. The van der Waals surface area contributed by atoms with Crippen molar-refractivity contribution in [2.45, 2.75) is 46.6 Å². The summed E-state index contributed by atoms with van der Waals surface area (Å²) in [5, 5.41) is 18.2. The molecule has 0 radical (unpaired) electrons. The Morgan fingerprint density at radius 3 is 2.67 bits per heavy atom. The van der Waals surface area contributed by atoms with Gasteiger partial charge in [0.15, 0.2) is 0 Å². The number of ether oxygens (including phenoxy) is 1. The monoisotopic (exact) mass is 431 g/mol. The molecule has 0 amide bonds. The summed E-state index contributed by atoms with van der Waals surface area (Å²) < 4.78 is 7.42. The molecule has 0 aliphatic rings. The second kappa shape index (κ2) is 8.99. The number of hydrogen-bond donors (Lipinski definition) is 3. The highest BCUT2D eigenvalue weighted by Crippen LogP contribution is 2.34. The summed E-state index contributed by atoms with van der Waals surface area (Å²) in [5.41, 5.74) is 3.74. The molecule has 160 valence electrons. The number of aryl methyl sites for hydroxylation is 3. The Morgan fingerprint density at radius 1 is 1.33 bits per heavy atom. The molecule has 0 aromatic carbocycles. The first-order valence-electron chi connectivity index (χ1n) is 9.62. The van der Waals surface area contributed by atoms with Crippen LogP contribution in [0.4, 0.5) is 0 Å². The van der Waals surface area contributed by atoms with E-state index in [1.807, 2.05) is 47.0 Å². The van der Waals surface area contributed by atoms with E-state index in [9.17, 15) is 9.90 Å². The number of aliphatic hydroxyl groups excluding tert-OH is 1. The van der Waals surface area contributed by atoms with Gasteiger partial charge in [0.25, 0.3) is 5.56 Å². The van der Waals surface area contributed by atoms with Crippen LogP contribution in [0.1, 0.15) is 42.5 Å². The van der Waals surface area contributed by atoms with Crippen molar-refractivity contribution in [3.8, 4) is 17.1 Å². The molecular weight excluding hydrogens is 406 g/mol. The topological polar surface area (TPSA) is 105 Å². The molecule has 3 aromatic heterocycles. The number of halogens is 1. The van der Waals surface area contributed by atoms with Gasteiger partial charge in [0, 0.05) is 42.2 Å². The number of H-pyrrole nitrogens is 1. The highest BCUT2D eigenvalue weighted by Gasteiger charge is 2.21. The lowest BCUT2D eigenvalue weighted by Gasteiger charge is -2.19. The molecule has 8 nitrogen and oxygen atoms in total. The van der Waals surface area contributed by atoms with Gasteiger partial charge < -0.3 is 14.8 Å². The first kappa shape index (κ1) is 22.0. The number of nitrogens with one attached hydrogen (secondary N) is 2. The normalized spacial score (nSPS) is 12.4. The summed E-state index contributed by atoms with van der Waals surface area (Å²) in [5.74, 6) is 0.230. The zero-order valence-electron chi connectivity index (χ0n) is 17.7. The van der Waals surface area contributed by atoms with Crippen molar-refractivity contribution >= 4 is 11.6 Å². The third-order valence-electron chi connectivity index (χ3n) is 4.56. The fraction of sp³-hybridized carbons (Fsp3) is 0.381. The number of nitrogens with zero attached hydrogens (tertiary/aromatic N) is 3. The van der Waals surface area contributed by atoms with Gasteiger partial charge in [-0.25, -0.2) is 4.98 Å². The number of hydrogen-bond acceptors (Lipinski definition) is 6. The van der Waals surface area contributed by atoms with Crippen LogP contribution < -0.4 is 15.6 Å². The van der Waals surface area contributed by atoms with E-state index in [0.29, 0.717) is 16.8 Å². The molecule has 0 fully saturated rings. The smallest absolute Gasteiger partial charge is 0.252 e. The van der Waals surface area contributed by atoms with Crippen LogP contribution in [0, 0.1) is 13.8 Å². The van der Waals surface area contributed by atoms with Crippen molar-refractivity contribution < 1.29 is 9.84 Å². The lowest BCUT2D eigenvalue weighted by molar-refractivity contribution is 0.136. The van der Waals surface area contributed by atoms with Crippen molar-refractivity contribution in [1.82, 2.24) is 25.1 Å². The third kappa shape index (κ3) is 4.89. The molecule has 0 bridgehead atoms. The molecule has 30 heavy (non-hydrogen) atoms. The van der Waals surface area contributed by atoms with Gasteiger partial charge in [0.1, 0.15) is 11.3 Å². The van der Waals surface area contributed by atoms with Crippen LogP contribution in [0.3, 0.4) is 0 Å². The summed E-state index contributed by atoms with van der Waals surface area (Å²) >= 11 is 6.50. The van der Waals surface area contributed by atoms with Gasteiger partial charge in [-0.2, -0.15) is 5.10 Å². The Kier molecular flexibility index (Phi) is 6.60. The predicted octanol–water partition coefficient (Wildman–Crippen LogP) is 3.01. The molecule has 0 saturated carbocycles. The van der Waals surface area contributed by atoms with E-state index in [2.05, 4.69) is 20.4 Å². The second-order valence-corrected chi connectivity index (χ2v) is 7.89. The molecule has 3 N–H and O–H groups in total. The SMILES string of the molecule is Cc1cc(C)c(CNC(O)c2cc(-c3cnn(C)c3)nc(OC(C)C)c2Cl)c(=O)[nH]1. The Labute approximate surface area is 179 Å². The van der Waals surface area contributed by atoms with E-state index in [1.54, 1.807) is 16.9 Å². The van der Waals surface area contributed by atoms with Gasteiger partial charge in [0.2, 0.25) is 5.88 Å². The first-order valence-corrected chi connectivity index (χ1v) is 10.0. The Morgan fingerprint density at radius 2 is 2.07 bits per heavy atom. The van der Waals surface area contributed by atoms with Crippen LogP contribution in [0.15, 0.2) is 29.3 Å². The van der Waals surface area contributed by atoms with Gasteiger partial charge in [-0.05, 0) is 45.4 Å². The number of aromatic amines is 1. The molecule has 0 aliphatic heterocycles. The summed E-state index contributed by atoms with van der Waals surface area (Å²) in [6.45, 7) is 7.60. The fourth-order valence-corrected chi connectivity index (χ4v) is 3.38. The maximum absolute atomic E-state index is 12.3.